The van der Waals surface area contributed by atoms with Crippen molar-refractivity contribution in [3.8, 4) is 0 Å². The highest BCUT2D eigenvalue weighted by Crippen LogP contribution is 2.17. The zero-order valence-electron chi connectivity index (χ0n) is 14.8. The molecule has 0 aromatic heterocycles. The van der Waals surface area contributed by atoms with Crippen LogP contribution in [0.1, 0.15) is 27.2 Å². The van der Waals surface area contributed by atoms with Gasteiger partial charge in [0.1, 0.15) is 12.4 Å². The van der Waals surface area contributed by atoms with Crippen molar-refractivity contribution >= 4 is 17.5 Å². The van der Waals surface area contributed by atoms with Gasteiger partial charge in [-0.25, -0.2) is 4.39 Å². The van der Waals surface area contributed by atoms with Crippen LogP contribution >= 0.6 is 0 Å². The van der Waals surface area contributed by atoms with E-state index in [1.165, 1.54) is 12.1 Å². The van der Waals surface area contributed by atoms with Crippen LogP contribution in [-0.2, 0) is 9.53 Å². The fourth-order valence-corrected chi connectivity index (χ4v) is 2.02. The van der Waals surface area contributed by atoms with Crippen LogP contribution in [0.5, 0.6) is 0 Å². The van der Waals surface area contributed by atoms with Gasteiger partial charge >= 0.3 is 5.97 Å². The first kappa shape index (κ1) is 20.2. The summed E-state index contributed by atoms with van der Waals surface area (Å²) in [5.41, 5.74) is 10.8. The monoisotopic (exact) mass is 348 g/mol. The Kier molecular flexibility index (Phi) is 8.78. The molecule has 25 heavy (non-hydrogen) atoms. The molecule has 0 radical (unpaired) electrons. The van der Waals surface area contributed by atoms with Crippen molar-refractivity contribution < 1.29 is 13.9 Å². The second-order valence-corrected chi connectivity index (χ2v) is 5.00. The van der Waals surface area contributed by atoms with E-state index in [1.54, 1.807) is 19.1 Å². The molecule has 0 aliphatic heterocycles. The maximum atomic E-state index is 13.0. The Bertz CT molecular complexity index is 652. The molecule has 0 bridgehead atoms. The molecule has 7 heteroatoms. The number of nitrogens with one attached hydrogen (secondary N) is 2. The van der Waals surface area contributed by atoms with Crippen molar-refractivity contribution in [3.05, 3.63) is 53.5 Å². The van der Waals surface area contributed by atoms with Gasteiger partial charge < -0.3 is 15.8 Å². The highest BCUT2D eigenvalue weighted by Gasteiger charge is 2.10. The molecular weight excluding hydrogens is 323 g/mol. The first-order valence-electron chi connectivity index (χ1n) is 8.13. The van der Waals surface area contributed by atoms with Crippen molar-refractivity contribution in [2.75, 3.05) is 18.5 Å². The van der Waals surface area contributed by atoms with E-state index in [0.29, 0.717) is 12.2 Å². The molecule has 1 rings (SSSR count). The third-order valence-corrected chi connectivity index (χ3v) is 3.11. The quantitative estimate of drug-likeness (QED) is 0.210. The van der Waals surface area contributed by atoms with E-state index in [4.69, 9.17) is 10.5 Å². The Morgan fingerprint density at radius 2 is 2.00 bits per heavy atom. The summed E-state index contributed by atoms with van der Waals surface area (Å²) in [7, 11) is 0. The smallest absolute Gasteiger partial charge is 0.327 e. The van der Waals surface area contributed by atoms with E-state index in [2.05, 4.69) is 15.8 Å². The molecule has 0 heterocycles. The van der Waals surface area contributed by atoms with Crippen LogP contribution in [0.4, 0.5) is 10.1 Å². The van der Waals surface area contributed by atoms with Gasteiger partial charge in [0.15, 0.2) is 5.84 Å². The standard InChI is InChI=1S/C18H25FN4O2/c1-4-7-16(22-14-10-8-13(19)9-11-14)15(5-2)18(20)23-21-12-17(24)25-6-3/h5,7-11,21-22H,4,6,12H2,1-3H3,(H2,20,23)/b15-5+,16-7+. The number of hydrogen-bond acceptors (Lipinski definition) is 5. The number of benzene rings is 1. The van der Waals surface area contributed by atoms with Gasteiger partial charge in [-0.3, -0.25) is 10.2 Å². The first-order valence-corrected chi connectivity index (χ1v) is 8.13. The fraction of sp³-hybridized carbons (Fsp3) is 0.333. The second-order valence-electron chi connectivity index (χ2n) is 5.00. The Balaban J connectivity index is 2.86. The largest absolute Gasteiger partial charge is 0.465 e. The molecule has 136 valence electrons. The van der Waals surface area contributed by atoms with Gasteiger partial charge in [-0.15, -0.1) is 0 Å². The number of allylic oxidation sites excluding steroid dienone is 2. The molecule has 6 nitrogen and oxygen atoms in total. The molecule has 0 aliphatic carbocycles. The van der Waals surface area contributed by atoms with E-state index in [9.17, 15) is 9.18 Å². The number of carbonyl (C=O) groups is 1. The molecule has 0 aliphatic rings. The topological polar surface area (TPSA) is 88.7 Å². The fourth-order valence-electron chi connectivity index (χ4n) is 2.02. The Morgan fingerprint density at radius 3 is 2.56 bits per heavy atom. The predicted octanol–water partition coefficient (Wildman–Crippen LogP) is 2.90. The van der Waals surface area contributed by atoms with E-state index >= 15 is 0 Å². The van der Waals surface area contributed by atoms with Crippen LogP contribution in [-0.4, -0.2) is 25.0 Å². The normalized spacial score (nSPS) is 12.7. The number of nitrogens with zero attached hydrogens (tertiary/aromatic N) is 1. The molecule has 0 fully saturated rings. The van der Waals surface area contributed by atoms with Gasteiger partial charge in [0.2, 0.25) is 0 Å². The van der Waals surface area contributed by atoms with Gasteiger partial charge in [0.05, 0.1) is 6.61 Å². The summed E-state index contributed by atoms with van der Waals surface area (Å²) in [5.74, 6) is -0.488. The highest BCUT2D eigenvalue weighted by atomic mass is 19.1. The number of esters is 1. The van der Waals surface area contributed by atoms with E-state index in [0.717, 1.165) is 17.8 Å². The van der Waals surface area contributed by atoms with Gasteiger partial charge in [-0.05, 0) is 44.5 Å². The minimum atomic E-state index is -0.408. The molecule has 0 saturated heterocycles. The van der Waals surface area contributed by atoms with E-state index < -0.39 is 5.97 Å². The SMILES string of the molecule is C/C=C(C(/N)=N/NCC(=O)OCC)\C(=C/CC)Nc1ccc(F)cc1. The lowest BCUT2D eigenvalue weighted by Gasteiger charge is -2.15. The number of anilines is 1. The summed E-state index contributed by atoms with van der Waals surface area (Å²) in [6.45, 7) is 5.80. The zero-order chi connectivity index (χ0) is 18.7. The van der Waals surface area contributed by atoms with E-state index in [1.807, 2.05) is 26.0 Å². The molecule has 0 unspecified atom stereocenters. The van der Waals surface area contributed by atoms with Crippen molar-refractivity contribution in [1.29, 1.82) is 0 Å². The summed E-state index contributed by atoms with van der Waals surface area (Å²) < 4.78 is 17.9. The second kappa shape index (κ2) is 10.9. The van der Waals surface area contributed by atoms with Crippen LogP contribution in [0.25, 0.3) is 0 Å². The number of hydrogen-bond donors (Lipinski definition) is 3. The maximum absolute atomic E-state index is 13.0. The number of halogens is 1. The summed E-state index contributed by atoms with van der Waals surface area (Å²) in [6.07, 6.45) is 4.53. The average molecular weight is 348 g/mol. The number of hydrazone groups is 1. The molecule has 1 aromatic rings. The summed E-state index contributed by atoms with van der Waals surface area (Å²) in [5, 5.41) is 7.22. The van der Waals surface area contributed by atoms with Gasteiger partial charge in [0.25, 0.3) is 0 Å². The number of rotatable bonds is 9. The molecule has 0 atom stereocenters. The zero-order valence-corrected chi connectivity index (χ0v) is 14.8. The lowest BCUT2D eigenvalue weighted by atomic mass is 10.1. The van der Waals surface area contributed by atoms with Crippen molar-refractivity contribution in [2.45, 2.75) is 27.2 Å². The number of carbonyl (C=O) groups excluding carboxylic acids is 1. The molecular formula is C18H25FN4O2. The molecule has 1 aromatic carbocycles. The Hall–Kier alpha value is -2.83. The van der Waals surface area contributed by atoms with Crippen molar-refractivity contribution in [3.63, 3.8) is 0 Å². The van der Waals surface area contributed by atoms with Crippen LogP contribution in [0.2, 0.25) is 0 Å². The van der Waals surface area contributed by atoms with Crippen LogP contribution in [0.3, 0.4) is 0 Å². The number of ether oxygens (including phenoxy) is 1. The third kappa shape index (κ3) is 7.07. The summed E-state index contributed by atoms with van der Waals surface area (Å²) >= 11 is 0. The van der Waals surface area contributed by atoms with Gasteiger partial charge in [-0.1, -0.05) is 19.1 Å². The molecule has 0 amide bonds. The van der Waals surface area contributed by atoms with E-state index in [-0.39, 0.29) is 18.2 Å². The van der Waals surface area contributed by atoms with Gasteiger partial charge in [-0.2, -0.15) is 5.10 Å². The first-order chi connectivity index (χ1) is 12.0. The van der Waals surface area contributed by atoms with Crippen molar-refractivity contribution in [1.82, 2.24) is 5.43 Å². The molecule has 4 N–H and O–H groups in total. The van der Waals surface area contributed by atoms with Crippen LogP contribution in [0.15, 0.2) is 52.8 Å². The number of nitrogens with two attached hydrogens (primary N) is 1. The molecule has 0 spiro atoms. The lowest BCUT2D eigenvalue weighted by molar-refractivity contribution is -0.141. The summed E-state index contributed by atoms with van der Waals surface area (Å²) in [4.78, 5) is 11.3. The predicted molar refractivity (Wildman–Crippen MR) is 98.4 cm³/mol. The van der Waals surface area contributed by atoms with Crippen LogP contribution < -0.4 is 16.5 Å². The maximum Gasteiger partial charge on any atom is 0.327 e. The minimum absolute atomic E-state index is 0.0657. The van der Waals surface area contributed by atoms with Crippen LogP contribution in [0, 0.1) is 5.82 Å². The Labute approximate surface area is 147 Å². The van der Waals surface area contributed by atoms with Gasteiger partial charge in [0, 0.05) is 17.0 Å². The lowest BCUT2D eigenvalue weighted by Crippen LogP contribution is -2.26. The minimum Gasteiger partial charge on any atom is -0.465 e. The summed E-state index contributed by atoms with van der Waals surface area (Å²) in [6, 6.07) is 6.02. The number of amidine groups is 1. The third-order valence-electron chi connectivity index (χ3n) is 3.11. The highest BCUT2D eigenvalue weighted by molar-refractivity contribution is 6.01. The Morgan fingerprint density at radius 1 is 1.32 bits per heavy atom. The van der Waals surface area contributed by atoms with Crippen molar-refractivity contribution in [2.24, 2.45) is 10.8 Å². The average Bonchev–Trinajstić information content (AvgIpc) is 2.58. The molecule has 0 saturated carbocycles.